The third-order valence-electron chi connectivity index (χ3n) is 2.42. The lowest BCUT2D eigenvalue weighted by atomic mass is 10.1. The molecule has 3 N–H and O–H groups in total. The van der Waals surface area contributed by atoms with Crippen LogP contribution < -0.4 is 5.73 Å². The fourth-order valence-corrected chi connectivity index (χ4v) is 3.04. The number of nitrogens with two attached hydrogens (primary N) is 1. The zero-order valence-corrected chi connectivity index (χ0v) is 10.7. The van der Waals surface area contributed by atoms with Gasteiger partial charge in [-0.15, -0.1) is 0 Å². The molecule has 0 unspecified atom stereocenters. The molecule has 7 heteroatoms. The van der Waals surface area contributed by atoms with Gasteiger partial charge in [0.15, 0.2) is 9.84 Å². The van der Waals surface area contributed by atoms with Crippen LogP contribution in [-0.4, -0.2) is 31.2 Å². The Morgan fingerprint density at radius 3 is 2.22 bits per heavy atom. The third kappa shape index (κ3) is 2.86. The van der Waals surface area contributed by atoms with E-state index in [-0.39, 0.29) is 10.5 Å². The molecule has 0 aromatic heterocycles. The van der Waals surface area contributed by atoms with Crippen LogP contribution in [0.25, 0.3) is 0 Å². The van der Waals surface area contributed by atoms with Crippen LogP contribution in [0.4, 0.5) is 0 Å². The number of carboxylic acids is 1. The van der Waals surface area contributed by atoms with Gasteiger partial charge >= 0.3 is 5.97 Å². The Labute approximate surface area is 104 Å². The summed E-state index contributed by atoms with van der Waals surface area (Å²) < 4.78 is 23.7. The largest absolute Gasteiger partial charge is 0.478 e. The summed E-state index contributed by atoms with van der Waals surface area (Å²) in [6.45, 7) is 3.10. The number of aryl methyl sites for hydroxylation is 2. The molecule has 0 radical (unpaired) electrons. The highest BCUT2D eigenvalue weighted by molar-refractivity contribution is 7.92. The molecule has 0 bridgehead atoms. The van der Waals surface area contributed by atoms with Gasteiger partial charge in [-0.2, -0.15) is 0 Å². The Balaban J connectivity index is 3.46. The first-order valence-corrected chi connectivity index (χ1v) is 6.66. The molecule has 18 heavy (non-hydrogen) atoms. The predicted molar refractivity (Wildman–Crippen MR) is 64.1 cm³/mol. The van der Waals surface area contributed by atoms with Crippen LogP contribution in [0.2, 0.25) is 0 Å². The van der Waals surface area contributed by atoms with Gasteiger partial charge in [0.05, 0.1) is 10.5 Å². The van der Waals surface area contributed by atoms with Crippen molar-refractivity contribution in [1.82, 2.24) is 0 Å². The van der Waals surface area contributed by atoms with Crippen LogP contribution in [0.1, 0.15) is 21.5 Å². The quantitative estimate of drug-likeness (QED) is 0.815. The molecule has 6 nitrogen and oxygen atoms in total. The van der Waals surface area contributed by atoms with E-state index in [0.717, 1.165) is 6.07 Å². The summed E-state index contributed by atoms with van der Waals surface area (Å²) >= 11 is 0. The molecule has 0 aliphatic carbocycles. The van der Waals surface area contributed by atoms with E-state index < -0.39 is 27.5 Å². The van der Waals surface area contributed by atoms with Crippen molar-refractivity contribution in [2.75, 3.05) is 5.75 Å². The maximum absolute atomic E-state index is 11.9. The summed E-state index contributed by atoms with van der Waals surface area (Å²) in [4.78, 5) is 21.5. The smallest absolute Gasteiger partial charge is 0.335 e. The van der Waals surface area contributed by atoms with Gasteiger partial charge in [-0.25, -0.2) is 13.2 Å². The van der Waals surface area contributed by atoms with E-state index in [1.165, 1.54) is 13.0 Å². The summed E-state index contributed by atoms with van der Waals surface area (Å²) in [5, 5.41) is 8.94. The maximum Gasteiger partial charge on any atom is 0.335 e. The molecular weight excluding hydrogens is 258 g/mol. The number of sulfone groups is 1. The van der Waals surface area contributed by atoms with Crippen LogP contribution in [0.3, 0.4) is 0 Å². The summed E-state index contributed by atoms with van der Waals surface area (Å²) in [5.74, 6) is -3.04. The Morgan fingerprint density at radius 2 is 1.78 bits per heavy atom. The number of benzene rings is 1. The lowest BCUT2D eigenvalue weighted by Crippen LogP contribution is -2.24. The van der Waals surface area contributed by atoms with Crippen molar-refractivity contribution in [2.45, 2.75) is 18.7 Å². The number of hydrogen-bond acceptors (Lipinski definition) is 4. The van der Waals surface area contributed by atoms with Gasteiger partial charge in [-0.3, -0.25) is 4.79 Å². The number of hydrogen-bond donors (Lipinski definition) is 2. The van der Waals surface area contributed by atoms with Crippen molar-refractivity contribution in [1.29, 1.82) is 0 Å². The number of carbonyl (C=O) groups excluding carboxylic acids is 1. The van der Waals surface area contributed by atoms with E-state index in [1.807, 2.05) is 0 Å². The SMILES string of the molecule is Cc1cc(C)c(S(=O)(=O)CC(N)=O)cc1C(=O)O. The fourth-order valence-electron chi connectivity index (χ4n) is 1.66. The van der Waals surface area contributed by atoms with Gasteiger partial charge in [0, 0.05) is 0 Å². The van der Waals surface area contributed by atoms with Gasteiger partial charge in [-0.05, 0) is 31.0 Å². The summed E-state index contributed by atoms with van der Waals surface area (Å²) in [6.07, 6.45) is 0. The van der Waals surface area contributed by atoms with Crippen molar-refractivity contribution in [2.24, 2.45) is 5.73 Å². The van der Waals surface area contributed by atoms with E-state index in [9.17, 15) is 18.0 Å². The molecule has 0 fully saturated rings. The highest BCUT2D eigenvalue weighted by Gasteiger charge is 2.22. The Hall–Kier alpha value is -1.89. The minimum absolute atomic E-state index is 0.108. The number of rotatable bonds is 4. The molecule has 0 aliphatic heterocycles. The highest BCUT2D eigenvalue weighted by atomic mass is 32.2. The number of carbonyl (C=O) groups is 2. The van der Waals surface area contributed by atoms with E-state index >= 15 is 0 Å². The van der Waals surface area contributed by atoms with Gasteiger partial charge in [0.25, 0.3) is 0 Å². The van der Waals surface area contributed by atoms with Crippen molar-refractivity contribution in [3.63, 3.8) is 0 Å². The van der Waals surface area contributed by atoms with Gasteiger partial charge in [0.2, 0.25) is 5.91 Å². The normalized spacial score (nSPS) is 11.2. The second-order valence-corrected chi connectivity index (χ2v) is 5.92. The van der Waals surface area contributed by atoms with Crippen molar-refractivity contribution in [3.05, 3.63) is 28.8 Å². The molecule has 98 valence electrons. The molecule has 0 atom stereocenters. The van der Waals surface area contributed by atoms with E-state index in [1.54, 1.807) is 6.92 Å². The second-order valence-electron chi connectivity index (χ2n) is 3.96. The fraction of sp³-hybridized carbons (Fsp3) is 0.273. The number of carboxylic acid groups (broad SMARTS) is 1. The topological polar surface area (TPSA) is 115 Å². The molecule has 0 saturated carbocycles. The average molecular weight is 271 g/mol. The molecule has 1 aromatic carbocycles. The van der Waals surface area contributed by atoms with Gasteiger partial charge in [0.1, 0.15) is 5.75 Å². The third-order valence-corrected chi connectivity index (χ3v) is 4.19. The summed E-state index contributed by atoms with van der Waals surface area (Å²) in [6, 6.07) is 2.52. The molecule has 0 aliphatic rings. The molecule has 0 spiro atoms. The summed E-state index contributed by atoms with van der Waals surface area (Å²) in [5.41, 5.74) is 5.60. The monoisotopic (exact) mass is 271 g/mol. The minimum Gasteiger partial charge on any atom is -0.478 e. The minimum atomic E-state index is -3.90. The van der Waals surface area contributed by atoms with Crippen LogP contribution >= 0.6 is 0 Å². The van der Waals surface area contributed by atoms with Crippen molar-refractivity contribution in [3.8, 4) is 0 Å². The van der Waals surface area contributed by atoms with Crippen LogP contribution in [0, 0.1) is 13.8 Å². The first-order valence-electron chi connectivity index (χ1n) is 5.00. The second kappa shape index (κ2) is 4.77. The van der Waals surface area contributed by atoms with Crippen molar-refractivity contribution >= 4 is 21.7 Å². The van der Waals surface area contributed by atoms with Gasteiger partial charge in [-0.1, -0.05) is 6.07 Å². The molecule has 1 amide bonds. The molecular formula is C11H13NO5S. The van der Waals surface area contributed by atoms with E-state index in [4.69, 9.17) is 10.8 Å². The molecule has 0 heterocycles. The first kappa shape index (κ1) is 14.2. The van der Waals surface area contributed by atoms with Crippen LogP contribution in [-0.2, 0) is 14.6 Å². The Morgan fingerprint density at radius 1 is 1.22 bits per heavy atom. The zero-order chi connectivity index (χ0) is 14.1. The summed E-state index contributed by atoms with van der Waals surface area (Å²) in [7, 11) is -3.90. The molecule has 1 aromatic rings. The standard InChI is InChI=1S/C11H13NO5S/c1-6-3-7(2)9(4-8(6)11(14)15)18(16,17)5-10(12)13/h3-4H,5H2,1-2H3,(H2,12,13)(H,14,15). The maximum atomic E-state index is 11.9. The number of aromatic carboxylic acids is 1. The zero-order valence-electron chi connectivity index (χ0n) is 9.93. The Bertz CT molecular complexity index is 619. The van der Waals surface area contributed by atoms with Gasteiger partial charge < -0.3 is 10.8 Å². The lowest BCUT2D eigenvalue weighted by Gasteiger charge is -2.09. The van der Waals surface area contributed by atoms with E-state index in [0.29, 0.717) is 11.1 Å². The van der Waals surface area contributed by atoms with Crippen molar-refractivity contribution < 1.29 is 23.1 Å². The van der Waals surface area contributed by atoms with Crippen LogP contribution in [0.15, 0.2) is 17.0 Å². The highest BCUT2D eigenvalue weighted by Crippen LogP contribution is 2.21. The van der Waals surface area contributed by atoms with Crippen LogP contribution in [0.5, 0.6) is 0 Å². The van der Waals surface area contributed by atoms with E-state index in [2.05, 4.69) is 0 Å². The average Bonchev–Trinajstić information content (AvgIpc) is 2.13. The first-order chi connectivity index (χ1) is 8.15. The molecule has 0 saturated heterocycles. The number of amides is 1. The molecule has 1 rings (SSSR count). The number of primary amides is 1. The Kier molecular flexibility index (Phi) is 3.76. The predicted octanol–water partition coefficient (Wildman–Crippen LogP) is 0.261. The lowest BCUT2D eigenvalue weighted by molar-refractivity contribution is -0.115.